The molecule has 1 aliphatic heterocycles. The van der Waals surface area contributed by atoms with Crippen LogP contribution in [0.1, 0.15) is 19.3 Å². The van der Waals surface area contributed by atoms with Gasteiger partial charge >= 0.3 is 12.1 Å². The summed E-state index contributed by atoms with van der Waals surface area (Å²) in [5.41, 5.74) is 1.82. The lowest BCUT2D eigenvalue weighted by Crippen LogP contribution is -2.28. The Morgan fingerprint density at radius 3 is 2.61 bits per heavy atom. The molecule has 0 bridgehead atoms. The lowest BCUT2D eigenvalue weighted by atomic mass is 10.1. The lowest BCUT2D eigenvalue weighted by molar-refractivity contribution is -0.274. The predicted molar refractivity (Wildman–Crippen MR) is 94.0 cm³/mol. The van der Waals surface area contributed by atoms with Gasteiger partial charge in [-0.3, -0.25) is 4.57 Å². The summed E-state index contributed by atoms with van der Waals surface area (Å²) in [6.45, 7) is 1.01. The molecule has 28 heavy (non-hydrogen) atoms. The SMILES string of the molecule is O=c1oc2ccc(-c3ccc(OC(F)(F)F)cc3)nc2n1C[C@@H]1CCCCO1. The molecule has 1 aliphatic rings. The van der Waals surface area contributed by atoms with Crippen LogP contribution in [-0.2, 0) is 11.3 Å². The van der Waals surface area contributed by atoms with Gasteiger partial charge in [0.05, 0.1) is 18.3 Å². The smallest absolute Gasteiger partial charge is 0.406 e. The zero-order valence-electron chi connectivity index (χ0n) is 14.7. The van der Waals surface area contributed by atoms with E-state index >= 15 is 0 Å². The molecule has 4 rings (SSSR count). The van der Waals surface area contributed by atoms with E-state index in [2.05, 4.69) is 9.72 Å². The number of alkyl halides is 3. The number of fused-ring (bicyclic) bond motifs is 1. The second kappa shape index (κ2) is 7.31. The molecule has 1 aromatic carbocycles. The maximum absolute atomic E-state index is 12.3. The van der Waals surface area contributed by atoms with Crippen LogP contribution >= 0.6 is 0 Å². The Bertz CT molecular complexity index is 1020. The summed E-state index contributed by atoms with van der Waals surface area (Å²) in [7, 11) is 0. The number of halogens is 3. The second-order valence-corrected chi connectivity index (χ2v) is 6.56. The van der Waals surface area contributed by atoms with E-state index in [0.29, 0.717) is 35.6 Å². The topological polar surface area (TPSA) is 66.5 Å². The Balaban J connectivity index is 1.63. The molecule has 148 valence electrons. The van der Waals surface area contributed by atoms with E-state index in [9.17, 15) is 18.0 Å². The highest BCUT2D eigenvalue weighted by atomic mass is 19.4. The average Bonchev–Trinajstić information content (AvgIpc) is 2.97. The summed E-state index contributed by atoms with van der Waals surface area (Å²) in [6.07, 6.45) is -1.91. The van der Waals surface area contributed by atoms with Crippen molar-refractivity contribution in [2.24, 2.45) is 0 Å². The molecule has 3 heterocycles. The quantitative estimate of drug-likeness (QED) is 0.666. The molecule has 6 nitrogen and oxygen atoms in total. The van der Waals surface area contributed by atoms with Crippen molar-refractivity contribution in [2.75, 3.05) is 6.61 Å². The van der Waals surface area contributed by atoms with Gasteiger partial charge in [0, 0.05) is 12.2 Å². The molecule has 0 aliphatic carbocycles. The van der Waals surface area contributed by atoms with Crippen molar-refractivity contribution in [2.45, 2.75) is 38.3 Å². The number of aromatic nitrogens is 2. The summed E-state index contributed by atoms with van der Waals surface area (Å²) >= 11 is 0. The van der Waals surface area contributed by atoms with Crippen LogP contribution in [0.4, 0.5) is 13.2 Å². The summed E-state index contributed by atoms with van der Waals surface area (Å²) in [4.78, 5) is 16.7. The molecular formula is C19H17F3N2O4. The first-order chi connectivity index (χ1) is 13.4. The Hall–Kier alpha value is -2.81. The first kappa shape index (κ1) is 18.5. The highest BCUT2D eigenvalue weighted by Crippen LogP contribution is 2.27. The van der Waals surface area contributed by atoms with E-state index in [-0.39, 0.29) is 11.9 Å². The van der Waals surface area contributed by atoms with E-state index in [4.69, 9.17) is 9.15 Å². The van der Waals surface area contributed by atoms with Crippen LogP contribution in [0.3, 0.4) is 0 Å². The molecule has 0 amide bonds. The van der Waals surface area contributed by atoms with Gasteiger partial charge in [-0.2, -0.15) is 0 Å². The number of pyridine rings is 1. The van der Waals surface area contributed by atoms with Crippen molar-refractivity contribution in [1.29, 1.82) is 0 Å². The van der Waals surface area contributed by atoms with Gasteiger partial charge in [-0.25, -0.2) is 9.78 Å². The van der Waals surface area contributed by atoms with E-state index < -0.39 is 12.1 Å². The van der Waals surface area contributed by atoms with Crippen LogP contribution in [0.2, 0.25) is 0 Å². The average molecular weight is 394 g/mol. The van der Waals surface area contributed by atoms with Crippen LogP contribution in [0.15, 0.2) is 45.6 Å². The molecule has 0 spiro atoms. The first-order valence-electron chi connectivity index (χ1n) is 8.87. The van der Waals surface area contributed by atoms with Gasteiger partial charge in [0.2, 0.25) is 0 Å². The molecule has 3 aromatic rings. The monoisotopic (exact) mass is 394 g/mol. The highest BCUT2D eigenvalue weighted by Gasteiger charge is 2.31. The van der Waals surface area contributed by atoms with Gasteiger partial charge in [0.25, 0.3) is 0 Å². The third kappa shape index (κ3) is 4.04. The maximum atomic E-state index is 12.3. The minimum atomic E-state index is -4.74. The zero-order valence-corrected chi connectivity index (χ0v) is 14.7. The largest absolute Gasteiger partial charge is 0.573 e. The summed E-state index contributed by atoms with van der Waals surface area (Å²) in [5, 5.41) is 0. The Morgan fingerprint density at radius 2 is 1.93 bits per heavy atom. The molecule has 0 unspecified atom stereocenters. The van der Waals surface area contributed by atoms with Crippen LogP contribution in [0.5, 0.6) is 5.75 Å². The molecule has 0 radical (unpaired) electrons. The van der Waals surface area contributed by atoms with Crippen molar-refractivity contribution >= 4 is 11.2 Å². The van der Waals surface area contributed by atoms with Crippen LogP contribution in [0.25, 0.3) is 22.5 Å². The number of benzene rings is 1. The highest BCUT2D eigenvalue weighted by molar-refractivity contribution is 5.73. The second-order valence-electron chi connectivity index (χ2n) is 6.56. The molecular weight excluding hydrogens is 377 g/mol. The van der Waals surface area contributed by atoms with Gasteiger partial charge in [-0.05, 0) is 55.7 Å². The number of rotatable bonds is 4. The number of oxazole rings is 1. The third-order valence-corrected chi connectivity index (χ3v) is 4.56. The van der Waals surface area contributed by atoms with Crippen molar-refractivity contribution in [1.82, 2.24) is 9.55 Å². The van der Waals surface area contributed by atoms with Crippen LogP contribution < -0.4 is 10.5 Å². The minimum absolute atomic E-state index is 0.0727. The number of nitrogens with zero attached hydrogens (tertiary/aromatic N) is 2. The van der Waals surface area contributed by atoms with Crippen LogP contribution in [-0.4, -0.2) is 28.6 Å². The summed E-state index contributed by atoms with van der Waals surface area (Å²) < 4.78 is 53.1. The van der Waals surface area contributed by atoms with E-state index in [1.54, 1.807) is 12.1 Å². The fourth-order valence-corrected chi connectivity index (χ4v) is 3.25. The number of ether oxygens (including phenoxy) is 2. The van der Waals surface area contributed by atoms with Gasteiger partial charge < -0.3 is 13.9 Å². The molecule has 1 saturated heterocycles. The van der Waals surface area contributed by atoms with E-state index in [1.165, 1.54) is 28.8 Å². The van der Waals surface area contributed by atoms with E-state index in [1.807, 2.05) is 0 Å². The molecule has 0 saturated carbocycles. The zero-order chi connectivity index (χ0) is 19.7. The Labute approximate surface area is 157 Å². The standard InChI is InChI=1S/C19H17F3N2O4/c20-19(21,22)28-13-6-4-12(5-7-13)15-8-9-16-17(23-15)24(18(25)27-16)11-14-3-1-2-10-26-14/h4-9,14H,1-3,10-11H2/t14-/m0/s1. The van der Waals surface area contributed by atoms with Crippen molar-refractivity contribution in [3.05, 3.63) is 46.9 Å². The number of hydrogen-bond donors (Lipinski definition) is 0. The number of hydrogen-bond acceptors (Lipinski definition) is 5. The maximum Gasteiger partial charge on any atom is 0.573 e. The van der Waals surface area contributed by atoms with Crippen molar-refractivity contribution in [3.8, 4) is 17.0 Å². The Kier molecular flexibility index (Phi) is 4.84. The fourth-order valence-electron chi connectivity index (χ4n) is 3.25. The van der Waals surface area contributed by atoms with Gasteiger partial charge in [0.15, 0.2) is 11.2 Å². The lowest BCUT2D eigenvalue weighted by Gasteiger charge is -2.22. The normalized spacial score (nSPS) is 17.8. The van der Waals surface area contributed by atoms with Gasteiger partial charge in [-0.1, -0.05) is 0 Å². The van der Waals surface area contributed by atoms with Crippen LogP contribution in [0, 0.1) is 0 Å². The summed E-state index contributed by atoms with van der Waals surface area (Å²) in [5.74, 6) is -0.824. The molecule has 0 N–H and O–H groups in total. The summed E-state index contributed by atoms with van der Waals surface area (Å²) in [6, 6.07) is 8.65. The van der Waals surface area contributed by atoms with Crippen molar-refractivity contribution < 1.29 is 27.1 Å². The molecule has 9 heteroatoms. The Morgan fingerprint density at radius 1 is 1.14 bits per heavy atom. The van der Waals surface area contributed by atoms with Gasteiger partial charge in [-0.15, -0.1) is 13.2 Å². The fraction of sp³-hybridized carbons (Fsp3) is 0.368. The third-order valence-electron chi connectivity index (χ3n) is 4.56. The van der Waals surface area contributed by atoms with E-state index in [0.717, 1.165) is 19.3 Å². The molecule has 1 atom stereocenters. The first-order valence-corrected chi connectivity index (χ1v) is 8.87. The predicted octanol–water partition coefficient (Wildman–Crippen LogP) is 4.12. The van der Waals surface area contributed by atoms with Crippen molar-refractivity contribution in [3.63, 3.8) is 0 Å². The minimum Gasteiger partial charge on any atom is -0.406 e. The van der Waals surface area contributed by atoms with Gasteiger partial charge in [0.1, 0.15) is 5.75 Å². The molecule has 1 fully saturated rings. The molecule has 2 aromatic heterocycles.